The van der Waals surface area contributed by atoms with Crippen LogP contribution in [0, 0.1) is 17.2 Å². The SMILES string of the molecule is CCC(C)CC(=O)Nc1ccc(C#N)cn1. The van der Waals surface area contributed by atoms with Crippen molar-refractivity contribution < 1.29 is 4.79 Å². The zero-order valence-electron chi connectivity index (χ0n) is 9.53. The summed E-state index contributed by atoms with van der Waals surface area (Å²) >= 11 is 0. The van der Waals surface area contributed by atoms with Crippen molar-refractivity contribution in [2.75, 3.05) is 5.32 Å². The van der Waals surface area contributed by atoms with Gasteiger partial charge in [-0.15, -0.1) is 0 Å². The Labute approximate surface area is 95.3 Å². The van der Waals surface area contributed by atoms with Crippen LogP contribution in [0.25, 0.3) is 0 Å². The third-order valence-electron chi connectivity index (χ3n) is 2.39. The molecule has 1 atom stereocenters. The topological polar surface area (TPSA) is 65.8 Å². The highest BCUT2D eigenvalue weighted by atomic mass is 16.1. The second-order valence-corrected chi connectivity index (χ2v) is 3.81. The van der Waals surface area contributed by atoms with Crippen molar-refractivity contribution in [2.45, 2.75) is 26.7 Å². The maximum Gasteiger partial charge on any atom is 0.225 e. The van der Waals surface area contributed by atoms with Gasteiger partial charge in [-0.1, -0.05) is 20.3 Å². The number of nitriles is 1. The number of nitrogens with one attached hydrogen (secondary N) is 1. The molecule has 84 valence electrons. The number of nitrogens with zero attached hydrogens (tertiary/aromatic N) is 2. The van der Waals surface area contributed by atoms with Crippen LogP contribution in [0.4, 0.5) is 5.82 Å². The van der Waals surface area contributed by atoms with Crippen molar-refractivity contribution in [1.29, 1.82) is 5.26 Å². The number of hydrogen-bond acceptors (Lipinski definition) is 3. The predicted octanol–water partition coefficient (Wildman–Crippen LogP) is 2.33. The van der Waals surface area contributed by atoms with Crippen LogP contribution < -0.4 is 5.32 Å². The van der Waals surface area contributed by atoms with Gasteiger partial charge in [-0.25, -0.2) is 4.98 Å². The van der Waals surface area contributed by atoms with Gasteiger partial charge in [0.25, 0.3) is 0 Å². The first-order valence-electron chi connectivity index (χ1n) is 5.31. The lowest BCUT2D eigenvalue weighted by Crippen LogP contribution is -2.15. The van der Waals surface area contributed by atoms with E-state index in [0.717, 1.165) is 6.42 Å². The molecule has 0 saturated heterocycles. The van der Waals surface area contributed by atoms with Gasteiger partial charge >= 0.3 is 0 Å². The highest BCUT2D eigenvalue weighted by molar-refractivity contribution is 5.89. The van der Waals surface area contributed by atoms with E-state index < -0.39 is 0 Å². The lowest BCUT2D eigenvalue weighted by Gasteiger charge is -2.08. The fourth-order valence-corrected chi connectivity index (χ4v) is 1.19. The minimum atomic E-state index is -0.0356. The maximum atomic E-state index is 11.5. The molecule has 1 N–H and O–H groups in total. The fourth-order valence-electron chi connectivity index (χ4n) is 1.19. The van der Waals surface area contributed by atoms with Gasteiger partial charge in [-0.3, -0.25) is 4.79 Å². The molecule has 0 spiro atoms. The van der Waals surface area contributed by atoms with E-state index in [-0.39, 0.29) is 5.91 Å². The van der Waals surface area contributed by atoms with Crippen LogP contribution in [-0.4, -0.2) is 10.9 Å². The molecule has 0 aliphatic rings. The maximum absolute atomic E-state index is 11.5. The Morgan fingerprint density at radius 1 is 1.62 bits per heavy atom. The van der Waals surface area contributed by atoms with E-state index in [0.29, 0.717) is 23.7 Å². The summed E-state index contributed by atoms with van der Waals surface area (Å²) in [7, 11) is 0. The second-order valence-electron chi connectivity index (χ2n) is 3.81. The van der Waals surface area contributed by atoms with Crippen LogP contribution in [0.1, 0.15) is 32.3 Å². The molecular formula is C12H15N3O. The Bertz CT molecular complexity index is 392. The van der Waals surface area contributed by atoms with E-state index in [4.69, 9.17) is 5.26 Å². The molecule has 1 rings (SSSR count). The zero-order chi connectivity index (χ0) is 12.0. The standard InChI is InChI=1S/C12H15N3O/c1-3-9(2)6-12(16)15-11-5-4-10(7-13)8-14-11/h4-5,8-9H,3,6H2,1-2H3,(H,14,15,16). The summed E-state index contributed by atoms with van der Waals surface area (Å²) in [4.78, 5) is 15.5. The molecule has 16 heavy (non-hydrogen) atoms. The summed E-state index contributed by atoms with van der Waals surface area (Å²) in [5.41, 5.74) is 0.486. The molecule has 4 nitrogen and oxygen atoms in total. The largest absolute Gasteiger partial charge is 0.311 e. The summed E-state index contributed by atoms with van der Waals surface area (Å²) in [5.74, 6) is 0.831. The normalized spacial score (nSPS) is 11.6. The quantitative estimate of drug-likeness (QED) is 0.841. The van der Waals surface area contributed by atoms with Gasteiger partial charge in [0.05, 0.1) is 5.56 Å². The molecule has 1 amide bonds. The monoisotopic (exact) mass is 217 g/mol. The van der Waals surface area contributed by atoms with E-state index in [1.54, 1.807) is 12.1 Å². The fraction of sp³-hybridized carbons (Fsp3) is 0.417. The van der Waals surface area contributed by atoms with Gasteiger partial charge in [0.1, 0.15) is 11.9 Å². The average molecular weight is 217 g/mol. The van der Waals surface area contributed by atoms with Crippen LogP contribution in [-0.2, 0) is 4.79 Å². The summed E-state index contributed by atoms with van der Waals surface area (Å²) in [6, 6.07) is 5.24. The van der Waals surface area contributed by atoms with E-state index in [2.05, 4.69) is 17.2 Å². The Morgan fingerprint density at radius 2 is 2.38 bits per heavy atom. The zero-order valence-corrected chi connectivity index (χ0v) is 9.53. The molecule has 0 saturated carbocycles. The molecule has 0 aromatic carbocycles. The molecule has 0 aliphatic heterocycles. The Morgan fingerprint density at radius 3 is 2.88 bits per heavy atom. The number of carbonyl (C=O) groups is 1. The molecule has 0 fully saturated rings. The number of hydrogen-bond donors (Lipinski definition) is 1. The molecule has 1 unspecified atom stereocenters. The Balaban J connectivity index is 2.53. The summed E-state index contributed by atoms with van der Waals surface area (Å²) in [5, 5.41) is 11.3. The third kappa shape index (κ3) is 3.70. The van der Waals surface area contributed by atoms with Crippen molar-refractivity contribution in [3.05, 3.63) is 23.9 Å². The molecule has 1 heterocycles. The van der Waals surface area contributed by atoms with E-state index in [1.807, 2.05) is 13.0 Å². The van der Waals surface area contributed by atoms with E-state index in [1.165, 1.54) is 6.20 Å². The van der Waals surface area contributed by atoms with Crippen molar-refractivity contribution in [3.8, 4) is 6.07 Å². The number of carbonyl (C=O) groups excluding carboxylic acids is 1. The minimum Gasteiger partial charge on any atom is -0.311 e. The van der Waals surface area contributed by atoms with Crippen molar-refractivity contribution in [3.63, 3.8) is 0 Å². The highest BCUT2D eigenvalue weighted by Crippen LogP contribution is 2.09. The lowest BCUT2D eigenvalue weighted by atomic mass is 10.1. The van der Waals surface area contributed by atoms with Gasteiger partial charge in [-0.2, -0.15) is 5.26 Å². The molecule has 1 aromatic heterocycles. The average Bonchev–Trinajstić information content (AvgIpc) is 2.29. The van der Waals surface area contributed by atoms with Crippen LogP contribution in [0.3, 0.4) is 0 Å². The van der Waals surface area contributed by atoms with Gasteiger partial charge in [0, 0.05) is 12.6 Å². The van der Waals surface area contributed by atoms with Crippen LogP contribution >= 0.6 is 0 Å². The first-order valence-corrected chi connectivity index (χ1v) is 5.31. The van der Waals surface area contributed by atoms with Gasteiger partial charge in [-0.05, 0) is 18.1 Å². The third-order valence-corrected chi connectivity index (χ3v) is 2.39. The smallest absolute Gasteiger partial charge is 0.225 e. The van der Waals surface area contributed by atoms with Crippen LogP contribution in [0.15, 0.2) is 18.3 Å². The highest BCUT2D eigenvalue weighted by Gasteiger charge is 2.07. The molecule has 4 heteroatoms. The first-order chi connectivity index (χ1) is 7.65. The first kappa shape index (κ1) is 12.2. The van der Waals surface area contributed by atoms with Crippen LogP contribution in [0.2, 0.25) is 0 Å². The minimum absolute atomic E-state index is 0.0356. The van der Waals surface area contributed by atoms with Crippen molar-refractivity contribution >= 4 is 11.7 Å². The number of anilines is 1. The summed E-state index contributed by atoms with van der Waals surface area (Å²) in [6.07, 6.45) is 2.92. The van der Waals surface area contributed by atoms with Gasteiger partial charge in [0.15, 0.2) is 0 Å². The summed E-state index contributed by atoms with van der Waals surface area (Å²) < 4.78 is 0. The van der Waals surface area contributed by atoms with Crippen molar-refractivity contribution in [2.24, 2.45) is 5.92 Å². The number of amides is 1. The molecule has 1 aromatic rings. The number of rotatable bonds is 4. The van der Waals surface area contributed by atoms with Gasteiger partial charge in [0.2, 0.25) is 5.91 Å². The Kier molecular flexibility index (Phi) is 4.46. The molecular weight excluding hydrogens is 202 g/mol. The van der Waals surface area contributed by atoms with Gasteiger partial charge < -0.3 is 5.32 Å². The van der Waals surface area contributed by atoms with Crippen molar-refractivity contribution in [1.82, 2.24) is 4.98 Å². The predicted molar refractivity (Wildman–Crippen MR) is 61.7 cm³/mol. The molecule has 0 bridgehead atoms. The number of pyridine rings is 1. The lowest BCUT2D eigenvalue weighted by molar-refractivity contribution is -0.117. The Hall–Kier alpha value is -1.89. The van der Waals surface area contributed by atoms with E-state index >= 15 is 0 Å². The van der Waals surface area contributed by atoms with Crippen LogP contribution in [0.5, 0.6) is 0 Å². The van der Waals surface area contributed by atoms with E-state index in [9.17, 15) is 4.79 Å². The summed E-state index contributed by atoms with van der Waals surface area (Å²) in [6.45, 7) is 4.09. The molecule has 0 radical (unpaired) electrons. The molecule has 0 aliphatic carbocycles. The second kappa shape index (κ2) is 5.86. The number of aromatic nitrogens is 1.